The van der Waals surface area contributed by atoms with Crippen LogP contribution in [0.25, 0.3) is 0 Å². The third-order valence-electron chi connectivity index (χ3n) is 3.27. The molecule has 140 valence electrons. The third kappa shape index (κ3) is 6.97. The van der Waals surface area contributed by atoms with Gasteiger partial charge in [-0.15, -0.1) is 0 Å². The van der Waals surface area contributed by atoms with Gasteiger partial charge in [0.05, 0.1) is 19.8 Å². The highest BCUT2D eigenvalue weighted by Crippen LogP contribution is 2.40. The third-order valence-corrected chi connectivity index (χ3v) is 3.27. The molecule has 0 amide bonds. The molecule has 0 saturated carbocycles. The normalized spacial score (nSPS) is 19.5. The minimum absolute atomic E-state index is 0.293. The van der Waals surface area contributed by atoms with Gasteiger partial charge in [0.25, 0.3) is 0 Å². The first kappa shape index (κ1) is 19.6. The molecule has 0 N–H and O–H groups in total. The summed E-state index contributed by atoms with van der Waals surface area (Å²) in [6.45, 7) is 10.2. The molecule has 0 spiro atoms. The molecule has 2 atom stereocenters. The molecular formula is C18H27NO6. The Kier molecular flexibility index (Phi) is 7.16. The lowest BCUT2D eigenvalue weighted by atomic mass is 10.1. The highest BCUT2D eigenvalue weighted by molar-refractivity contribution is 5.78. The predicted molar refractivity (Wildman–Crippen MR) is 90.5 cm³/mol. The van der Waals surface area contributed by atoms with Crippen LogP contribution in [-0.2, 0) is 23.7 Å². The van der Waals surface area contributed by atoms with E-state index in [1.54, 1.807) is 12.3 Å². The van der Waals surface area contributed by atoms with Crippen molar-refractivity contribution < 1.29 is 28.5 Å². The number of esters is 1. The molecule has 2 heterocycles. The summed E-state index contributed by atoms with van der Waals surface area (Å²) in [5.41, 5.74) is 0.310. The predicted octanol–water partition coefficient (Wildman–Crippen LogP) is 2.30. The first-order valence-electron chi connectivity index (χ1n) is 8.53. The van der Waals surface area contributed by atoms with Gasteiger partial charge in [-0.1, -0.05) is 0 Å². The van der Waals surface area contributed by atoms with Gasteiger partial charge in [-0.25, -0.2) is 9.78 Å². The van der Waals surface area contributed by atoms with Crippen LogP contribution in [0.5, 0.6) is 5.88 Å². The van der Waals surface area contributed by atoms with Crippen molar-refractivity contribution in [2.45, 2.75) is 45.5 Å². The topological polar surface area (TPSA) is 79.4 Å². The van der Waals surface area contributed by atoms with Gasteiger partial charge in [0.15, 0.2) is 6.10 Å². The number of nitrogens with zero attached hydrogens (tertiary/aromatic N) is 1. The number of ether oxygens (including phenoxy) is 5. The van der Waals surface area contributed by atoms with Crippen molar-refractivity contribution in [3.8, 4) is 5.88 Å². The molecule has 0 aromatic carbocycles. The van der Waals surface area contributed by atoms with E-state index in [-0.39, 0.29) is 12.1 Å². The molecule has 7 nitrogen and oxygen atoms in total. The number of carbonyl (C=O) groups excluding carboxylic acids is 1. The van der Waals surface area contributed by atoms with Crippen molar-refractivity contribution in [2.75, 3.05) is 33.0 Å². The van der Waals surface area contributed by atoms with E-state index >= 15 is 0 Å². The van der Waals surface area contributed by atoms with Crippen molar-refractivity contribution in [2.24, 2.45) is 0 Å². The van der Waals surface area contributed by atoms with Gasteiger partial charge in [0, 0.05) is 24.4 Å². The van der Waals surface area contributed by atoms with Gasteiger partial charge in [-0.3, -0.25) is 0 Å². The molecule has 1 aliphatic rings. The molecule has 1 aromatic rings. The summed E-state index contributed by atoms with van der Waals surface area (Å²) in [5, 5.41) is 0. The molecule has 2 rings (SSSR count). The Labute approximate surface area is 148 Å². The minimum Gasteiger partial charge on any atom is -0.475 e. The summed E-state index contributed by atoms with van der Waals surface area (Å²) >= 11 is 0. The maximum absolute atomic E-state index is 11.9. The highest BCUT2D eigenvalue weighted by atomic mass is 16.6. The average molecular weight is 353 g/mol. The first-order chi connectivity index (χ1) is 11.9. The zero-order valence-corrected chi connectivity index (χ0v) is 15.3. The summed E-state index contributed by atoms with van der Waals surface area (Å²) in [5.74, 6) is 0.161. The van der Waals surface area contributed by atoms with Crippen LogP contribution in [0.1, 0.15) is 39.4 Å². The zero-order valence-electron chi connectivity index (χ0n) is 15.3. The Hall–Kier alpha value is -1.70. The second kappa shape index (κ2) is 9.12. The quantitative estimate of drug-likeness (QED) is 0.363. The maximum atomic E-state index is 11.9. The van der Waals surface area contributed by atoms with E-state index in [1.807, 2.05) is 33.8 Å². The lowest BCUT2D eigenvalue weighted by Crippen LogP contribution is -2.26. The molecule has 7 heteroatoms. The van der Waals surface area contributed by atoms with Crippen LogP contribution >= 0.6 is 0 Å². The molecular weight excluding hydrogens is 326 g/mol. The molecule has 1 aromatic heterocycles. The fraction of sp³-hybridized carbons (Fsp3) is 0.667. The van der Waals surface area contributed by atoms with Crippen LogP contribution in [0.15, 0.2) is 18.3 Å². The molecule has 1 aliphatic heterocycles. The lowest BCUT2D eigenvalue weighted by molar-refractivity contribution is -0.156. The van der Waals surface area contributed by atoms with Gasteiger partial charge in [0.1, 0.15) is 18.3 Å². The lowest BCUT2D eigenvalue weighted by Gasteiger charge is -2.18. The number of epoxide rings is 1. The van der Waals surface area contributed by atoms with E-state index in [4.69, 9.17) is 23.7 Å². The Balaban J connectivity index is 1.68. The summed E-state index contributed by atoms with van der Waals surface area (Å²) in [4.78, 5) is 16.1. The summed E-state index contributed by atoms with van der Waals surface area (Å²) < 4.78 is 26.7. The van der Waals surface area contributed by atoms with Crippen molar-refractivity contribution >= 4 is 5.97 Å². The van der Waals surface area contributed by atoms with Crippen molar-refractivity contribution in [3.05, 3.63) is 23.9 Å². The van der Waals surface area contributed by atoms with Crippen molar-refractivity contribution in [1.29, 1.82) is 0 Å². The molecule has 1 saturated heterocycles. The van der Waals surface area contributed by atoms with E-state index in [0.29, 0.717) is 38.9 Å². The molecule has 1 fully saturated rings. The second-order valence-corrected chi connectivity index (χ2v) is 6.60. The Morgan fingerprint density at radius 2 is 1.88 bits per heavy atom. The minimum atomic E-state index is -0.550. The van der Waals surface area contributed by atoms with Crippen LogP contribution < -0.4 is 4.74 Å². The Morgan fingerprint density at radius 1 is 1.16 bits per heavy atom. The summed E-state index contributed by atoms with van der Waals surface area (Å²) in [6, 6.07) is 3.59. The molecule has 0 radical (unpaired) electrons. The van der Waals surface area contributed by atoms with Crippen molar-refractivity contribution in [1.82, 2.24) is 4.98 Å². The van der Waals surface area contributed by atoms with E-state index in [1.165, 1.54) is 0 Å². The monoisotopic (exact) mass is 353 g/mol. The number of hydrogen-bond donors (Lipinski definition) is 0. The fourth-order valence-corrected chi connectivity index (χ4v) is 2.12. The molecule has 0 bridgehead atoms. The number of hydrogen-bond acceptors (Lipinski definition) is 7. The number of rotatable bonds is 10. The van der Waals surface area contributed by atoms with Crippen LogP contribution in [0.2, 0.25) is 0 Å². The van der Waals surface area contributed by atoms with E-state index in [0.717, 1.165) is 5.56 Å². The van der Waals surface area contributed by atoms with Gasteiger partial charge in [-0.2, -0.15) is 0 Å². The Bertz CT molecular complexity index is 539. The zero-order chi connectivity index (χ0) is 18.3. The van der Waals surface area contributed by atoms with Gasteiger partial charge < -0.3 is 23.7 Å². The van der Waals surface area contributed by atoms with E-state index in [9.17, 15) is 4.79 Å². The van der Waals surface area contributed by atoms with Gasteiger partial charge in [-0.05, 0) is 33.8 Å². The number of carbonyl (C=O) groups is 1. The SMILES string of the molecule is CCOCCOCCOc1ccc(C2OC2C(=O)OC(C)(C)C)cn1. The molecule has 25 heavy (non-hydrogen) atoms. The van der Waals surface area contributed by atoms with Gasteiger partial charge >= 0.3 is 5.97 Å². The van der Waals surface area contributed by atoms with Crippen molar-refractivity contribution in [3.63, 3.8) is 0 Å². The van der Waals surface area contributed by atoms with Crippen LogP contribution in [-0.4, -0.2) is 55.7 Å². The summed E-state index contributed by atoms with van der Waals surface area (Å²) in [6.07, 6.45) is 0.810. The highest BCUT2D eigenvalue weighted by Gasteiger charge is 2.48. The summed E-state index contributed by atoms with van der Waals surface area (Å²) in [7, 11) is 0. The first-order valence-corrected chi connectivity index (χ1v) is 8.53. The van der Waals surface area contributed by atoms with E-state index < -0.39 is 11.7 Å². The molecule has 2 unspecified atom stereocenters. The maximum Gasteiger partial charge on any atom is 0.338 e. The van der Waals surface area contributed by atoms with Crippen LogP contribution in [0, 0.1) is 0 Å². The Morgan fingerprint density at radius 3 is 2.52 bits per heavy atom. The second-order valence-electron chi connectivity index (χ2n) is 6.60. The largest absolute Gasteiger partial charge is 0.475 e. The standard InChI is InChI=1S/C18H27NO6/c1-5-21-8-9-22-10-11-23-14-7-6-13(12-19-14)15-16(24-15)17(20)25-18(2,3)4/h6-7,12,15-16H,5,8-11H2,1-4H3. The molecule has 0 aliphatic carbocycles. The van der Waals surface area contributed by atoms with Gasteiger partial charge in [0.2, 0.25) is 5.88 Å². The van der Waals surface area contributed by atoms with Crippen LogP contribution in [0.3, 0.4) is 0 Å². The smallest absolute Gasteiger partial charge is 0.338 e. The number of pyridine rings is 1. The van der Waals surface area contributed by atoms with Crippen LogP contribution in [0.4, 0.5) is 0 Å². The number of aromatic nitrogens is 1. The van der Waals surface area contributed by atoms with E-state index in [2.05, 4.69) is 4.98 Å². The fourth-order valence-electron chi connectivity index (χ4n) is 2.12. The average Bonchev–Trinajstić information content (AvgIpc) is 3.34.